The standard InChI is InChI=1S/C14H21NO2/c1-9(15-8-11-7-14(11,2)3)10-4-12(16)6-13(17)5-10/h4-6,9,11,15-17H,7-8H2,1-3H3. The van der Waals surface area contributed by atoms with Crippen LogP contribution in [0.1, 0.15) is 38.8 Å². The van der Waals surface area contributed by atoms with Gasteiger partial charge in [-0.2, -0.15) is 0 Å². The van der Waals surface area contributed by atoms with Gasteiger partial charge in [-0.3, -0.25) is 0 Å². The van der Waals surface area contributed by atoms with Gasteiger partial charge in [0.15, 0.2) is 0 Å². The van der Waals surface area contributed by atoms with Crippen LogP contribution in [0.4, 0.5) is 0 Å². The van der Waals surface area contributed by atoms with E-state index in [-0.39, 0.29) is 17.5 Å². The van der Waals surface area contributed by atoms with Gasteiger partial charge in [0.25, 0.3) is 0 Å². The van der Waals surface area contributed by atoms with Crippen LogP contribution in [0.2, 0.25) is 0 Å². The highest BCUT2D eigenvalue weighted by molar-refractivity contribution is 5.37. The molecule has 94 valence electrons. The van der Waals surface area contributed by atoms with Crippen molar-refractivity contribution >= 4 is 0 Å². The summed E-state index contributed by atoms with van der Waals surface area (Å²) in [7, 11) is 0. The van der Waals surface area contributed by atoms with Crippen LogP contribution in [0.15, 0.2) is 18.2 Å². The molecule has 2 unspecified atom stereocenters. The lowest BCUT2D eigenvalue weighted by Gasteiger charge is -2.15. The summed E-state index contributed by atoms with van der Waals surface area (Å²) in [6.45, 7) is 7.60. The second-order valence-electron chi connectivity index (χ2n) is 5.80. The van der Waals surface area contributed by atoms with E-state index in [9.17, 15) is 10.2 Å². The Balaban J connectivity index is 1.93. The quantitative estimate of drug-likeness (QED) is 0.752. The zero-order chi connectivity index (χ0) is 12.6. The highest BCUT2D eigenvalue weighted by atomic mass is 16.3. The molecule has 0 aliphatic heterocycles. The first-order valence-electron chi connectivity index (χ1n) is 6.15. The van der Waals surface area contributed by atoms with Gasteiger partial charge in [0, 0.05) is 12.1 Å². The third-order valence-electron chi connectivity index (χ3n) is 3.81. The van der Waals surface area contributed by atoms with Crippen molar-refractivity contribution in [2.24, 2.45) is 11.3 Å². The zero-order valence-electron chi connectivity index (χ0n) is 10.7. The van der Waals surface area contributed by atoms with Gasteiger partial charge in [0.05, 0.1) is 0 Å². The molecule has 3 heteroatoms. The molecule has 1 aromatic rings. The van der Waals surface area contributed by atoms with Crippen molar-refractivity contribution in [1.29, 1.82) is 0 Å². The molecule has 0 aromatic heterocycles. The fourth-order valence-electron chi connectivity index (χ4n) is 2.23. The van der Waals surface area contributed by atoms with E-state index in [0.717, 1.165) is 18.0 Å². The van der Waals surface area contributed by atoms with Gasteiger partial charge in [0.1, 0.15) is 11.5 Å². The van der Waals surface area contributed by atoms with E-state index >= 15 is 0 Å². The number of phenols is 2. The van der Waals surface area contributed by atoms with E-state index in [4.69, 9.17) is 0 Å². The molecular formula is C14H21NO2. The van der Waals surface area contributed by atoms with E-state index < -0.39 is 0 Å². The van der Waals surface area contributed by atoms with Gasteiger partial charge in [-0.25, -0.2) is 0 Å². The topological polar surface area (TPSA) is 52.5 Å². The van der Waals surface area contributed by atoms with Gasteiger partial charge < -0.3 is 15.5 Å². The van der Waals surface area contributed by atoms with Gasteiger partial charge in [-0.1, -0.05) is 13.8 Å². The fraction of sp³-hybridized carbons (Fsp3) is 0.571. The Bertz CT molecular complexity index is 394. The first-order valence-corrected chi connectivity index (χ1v) is 6.15. The van der Waals surface area contributed by atoms with Gasteiger partial charge >= 0.3 is 0 Å². The summed E-state index contributed by atoms with van der Waals surface area (Å²) < 4.78 is 0. The minimum atomic E-state index is 0.111. The molecule has 2 atom stereocenters. The lowest BCUT2D eigenvalue weighted by molar-refractivity contribution is 0.443. The van der Waals surface area contributed by atoms with Crippen molar-refractivity contribution in [3.8, 4) is 11.5 Å². The molecule has 0 radical (unpaired) electrons. The average molecular weight is 235 g/mol. The third kappa shape index (κ3) is 2.91. The van der Waals surface area contributed by atoms with Crippen LogP contribution in [0.5, 0.6) is 11.5 Å². The summed E-state index contributed by atoms with van der Waals surface area (Å²) in [5, 5.41) is 22.3. The predicted molar refractivity (Wildman–Crippen MR) is 68.1 cm³/mol. The third-order valence-corrected chi connectivity index (χ3v) is 3.81. The number of hydrogen-bond acceptors (Lipinski definition) is 3. The Kier molecular flexibility index (Phi) is 3.04. The SMILES string of the molecule is CC(NCC1CC1(C)C)c1cc(O)cc(O)c1. The lowest BCUT2D eigenvalue weighted by Crippen LogP contribution is -2.22. The first-order chi connectivity index (χ1) is 7.88. The van der Waals surface area contributed by atoms with Crippen LogP contribution in [-0.4, -0.2) is 16.8 Å². The molecule has 1 aliphatic rings. The maximum absolute atomic E-state index is 9.43. The van der Waals surface area contributed by atoms with Crippen LogP contribution >= 0.6 is 0 Å². The fourth-order valence-corrected chi connectivity index (χ4v) is 2.23. The van der Waals surface area contributed by atoms with Crippen molar-refractivity contribution in [2.75, 3.05) is 6.54 Å². The minimum Gasteiger partial charge on any atom is -0.508 e. The Hall–Kier alpha value is -1.22. The number of nitrogens with one attached hydrogen (secondary N) is 1. The number of hydrogen-bond donors (Lipinski definition) is 3. The molecule has 17 heavy (non-hydrogen) atoms. The highest BCUT2D eigenvalue weighted by Gasteiger charge is 2.44. The highest BCUT2D eigenvalue weighted by Crippen LogP contribution is 2.51. The number of benzene rings is 1. The van der Waals surface area contributed by atoms with Gasteiger partial charge in [-0.15, -0.1) is 0 Å². The summed E-state index contributed by atoms with van der Waals surface area (Å²) in [6, 6.07) is 4.87. The van der Waals surface area contributed by atoms with Gasteiger partial charge in [0.2, 0.25) is 0 Å². The lowest BCUT2D eigenvalue weighted by atomic mass is 10.1. The Morgan fingerprint density at radius 1 is 1.29 bits per heavy atom. The van der Waals surface area contributed by atoms with E-state index in [1.165, 1.54) is 12.5 Å². The average Bonchev–Trinajstić information content (AvgIpc) is 2.81. The zero-order valence-corrected chi connectivity index (χ0v) is 10.7. The Morgan fingerprint density at radius 2 is 1.82 bits per heavy atom. The molecule has 0 amide bonds. The molecule has 0 spiro atoms. The van der Waals surface area contributed by atoms with Crippen molar-refractivity contribution in [2.45, 2.75) is 33.2 Å². The molecule has 0 saturated heterocycles. The summed E-state index contributed by atoms with van der Waals surface area (Å²) >= 11 is 0. The molecule has 1 fully saturated rings. The molecule has 1 aromatic carbocycles. The van der Waals surface area contributed by atoms with Crippen molar-refractivity contribution < 1.29 is 10.2 Å². The number of rotatable bonds is 4. The van der Waals surface area contributed by atoms with Crippen LogP contribution in [0.3, 0.4) is 0 Å². The monoisotopic (exact) mass is 235 g/mol. The Morgan fingerprint density at radius 3 is 2.29 bits per heavy atom. The summed E-state index contributed by atoms with van der Waals surface area (Å²) in [5.74, 6) is 0.969. The summed E-state index contributed by atoms with van der Waals surface area (Å²) in [5.41, 5.74) is 1.40. The Labute approximate surface area is 102 Å². The molecule has 0 heterocycles. The smallest absolute Gasteiger partial charge is 0.119 e. The largest absolute Gasteiger partial charge is 0.508 e. The summed E-state index contributed by atoms with van der Waals surface area (Å²) in [4.78, 5) is 0. The van der Waals surface area contributed by atoms with Crippen LogP contribution in [0.25, 0.3) is 0 Å². The molecule has 2 rings (SSSR count). The second-order valence-corrected chi connectivity index (χ2v) is 5.80. The molecule has 3 nitrogen and oxygen atoms in total. The van der Waals surface area contributed by atoms with E-state index in [1.54, 1.807) is 12.1 Å². The van der Waals surface area contributed by atoms with Crippen molar-refractivity contribution in [1.82, 2.24) is 5.32 Å². The minimum absolute atomic E-state index is 0.111. The second kappa shape index (κ2) is 4.22. The van der Waals surface area contributed by atoms with Gasteiger partial charge in [-0.05, 0) is 48.9 Å². The summed E-state index contributed by atoms with van der Waals surface area (Å²) in [6.07, 6.45) is 1.28. The van der Waals surface area contributed by atoms with Crippen molar-refractivity contribution in [3.63, 3.8) is 0 Å². The first kappa shape index (κ1) is 12.2. The van der Waals surface area contributed by atoms with E-state index in [1.807, 2.05) is 6.92 Å². The molecule has 0 bridgehead atoms. The molecule has 1 saturated carbocycles. The van der Waals surface area contributed by atoms with Crippen molar-refractivity contribution in [3.05, 3.63) is 23.8 Å². The van der Waals surface area contributed by atoms with Crippen LogP contribution < -0.4 is 5.32 Å². The number of phenolic OH excluding ortho intramolecular Hbond substituents is 2. The van der Waals surface area contributed by atoms with Crippen LogP contribution in [-0.2, 0) is 0 Å². The normalized spacial score (nSPS) is 23.4. The predicted octanol–water partition coefficient (Wildman–Crippen LogP) is 2.79. The molecule has 1 aliphatic carbocycles. The molecular weight excluding hydrogens is 214 g/mol. The van der Waals surface area contributed by atoms with E-state index in [0.29, 0.717) is 5.41 Å². The number of aromatic hydroxyl groups is 2. The van der Waals surface area contributed by atoms with E-state index in [2.05, 4.69) is 19.2 Å². The van der Waals surface area contributed by atoms with Crippen LogP contribution in [0, 0.1) is 11.3 Å². The molecule has 3 N–H and O–H groups in total. The maximum atomic E-state index is 9.43. The maximum Gasteiger partial charge on any atom is 0.119 e.